The fourth-order valence-corrected chi connectivity index (χ4v) is 2.04. The number of aromatic amines is 1. The summed E-state index contributed by atoms with van der Waals surface area (Å²) in [6, 6.07) is 7.65. The number of anilines is 2. The van der Waals surface area contributed by atoms with Gasteiger partial charge in [-0.05, 0) is 31.2 Å². The molecule has 1 atom stereocenters. The van der Waals surface area contributed by atoms with Gasteiger partial charge in [-0.2, -0.15) is 5.10 Å². The predicted octanol–water partition coefficient (Wildman–Crippen LogP) is 2.11. The lowest BCUT2D eigenvalue weighted by atomic mass is 10.1. The normalized spacial score (nSPS) is 12.5. The first-order chi connectivity index (χ1) is 9.25. The summed E-state index contributed by atoms with van der Waals surface area (Å²) in [6.07, 6.45) is 3.25. The Balaban J connectivity index is 2.00. The number of benzene rings is 1. The van der Waals surface area contributed by atoms with E-state index in [2.05, 4.69) is 25.5 Å². The quantitative estimate of drug-likeness (QED) is 0.622. The van der Waals surface area contributed by atoms with Crippen molar-refractivity contribution in [3.63, 3.8) is 0 Å². The summed E-state index contributed by atoms with van der Waals surface area (Å²) in [6.45, 7) is 2.01. The Morgan fingerprint density at radius 2 is 2.16 bits per heavy atom. The number of nitrogen functional groups attached to an aromatic ring is 1. The minimum absolute atomic E-state index is 0.0105. The van der Waals surface area contributed by atoms with Gasteiger partial charge in [-0.25, -0.2) is 4.98 Å². The summed E-state index contributed by atoms with van der Waals surface area (Å²) in [5.74, 6) is 0.779. The highest BCUT2D eigenvalue weighted by molar-refractivity contribution is 5.98. The van der Waals surface area contributed by atoms with Gasteiger partial charge >= 0.3 is 0 Å². The molecule has 0 fully saturated rings. The molecule has 19 heavy (non-hydrogen) atoms. The number of nitrogens with zero attached hydrogens (tertiary/aromatic N) is 3. The molecule has 0 aliphatic carbocycles. The number of hydrogen-bond acceptors (Lipinski definition) is 5. The molecule has 3 aromatic rings. The Morgan fingerprint density at radius 1 is 1.26 bits per heavy atom. The van der Waals surface area contributed by atoms with E-state index < -0.39 is 0 Å². The number of nitrogens with one attached hydrogen (secondary N) is 2. The van der Waals surface area contributed by atoms with Crippen LogP contribution in [-0.2, 0) is 0 Å². The molecule has 0 saturated heterocycles. The van der Waals surface area contributed by atoms with Gasteiger partial charge in [-0.1, -0.05) is 0 Å². The second kappa shape index (κ2) is 4.56. The van der Waals surface area contributed by atoms with Crippen molar-refractivity contribution in [3.8, 4) is 0 Å². The van der Waals surface area contributed by atoms with E-state index in [1.165, 1.54) is 6.33 Å². The van der Waals surface area contributed by atoms with E-state index in [1.54, 1.807) is 6.20 Å². The second-order valence-corrected chi connectivity index (χ2v) is 4.34. The molecule has 0 saturated carbocycles. The minimum atomic E-state index is 0.0105. The zero-order chi connectivity index (χ0) is 13.2. The number of hydrogen-bond donors (Lipinski definition) is 3. The van der Waals surface area contributed by atoms with Crippen LogP contribution in [-0.4, -0.2) is 20.2 Å². The predicted molar refractivity (Wildman–Crippen MR) is 74.6 cm³/mol. The molecule has 96 valence electrons. The van der Waals surface area contributed by atoms with Crippen molar-refractivity contribution in [2.45, 2.75) is 13.0 Å². The second-order valence-electron chi connectivity index (χ2n) is 4.34. The van der Waals surface area contributed by atoms with Crippen molar-refractivity contribution in [3.05, 3.63) is 42.6 Å². The van der Waals surface area contributed by atoms with E-state index in [0.29, 0.717) is 0 Å². The Kier molecular flexibility index (Phi) is 2.75. The van der Waals surface area contributed by atoms with Gasteiger partial charge < -0.3 is 11.1 Å². The lowest BCUT2D eigenvalue weighted by Gasteiger charge is -2.14. The molecule has 0 aliphatic heterocycles. The molecule has 0 aliphatic rings. The maximum absolute atomic E-state index is 5.95. The fourth-order valence-electron chi connectivity index (χ4n) is 2.04. The summed E-state index contributed by atoms with van der Waals surface area (Å²) in [4.78, 5) is 8.52. The molecule has 6 nitrogen and oxygen atoms in total. The van der Waals surface area contributed by atoms with E-state index in [4.69, 9.17) is 5.73 Å². The largest absolute Gasteiger partial charge is 0.398 e. The first-order valence-corrected chi connectivity index (χ1v) is 6.00. The Hall–Kier alpha value is -2.63. The Bertz CT molecular complexity index is 691. The molecule has 2 aromatic heterocycles. The number of aromatic nitrogens is 4. The van der Waals surface area contributed by atoms with Crippen molar-refractivity contribution in [1.82, 2.24) is 20.2 Å². The van der Waals surface area contributed by atoms with Crippen molar-refractivity contribution in [1.29, 1.82) is 0 Å². The molecule has 1 unspecified atom stereocenters. The van der Waals surface area contributed by atoms with Crippen LogP contribution in [0.4, 0.5) is 11.4 Å². The van der Waals surface area contributed by atoms with Gasteiger partial charge in [0.05, 0.1) is 17.2 Å². The summed E-state index contributed by atoms with van der Waals surface area (Å²) < 4.78 is 0. The van der Waals surface area contributed by atoms with Gasteiger partial charge in [0.25, 0.3) is 0 Å². The average Bonchev–Trinajstić information content (AvgIpc) is 2.96. The van der Waals surface area contributed by atoms with Crippen molar-refractivity contribution in [2.75, 3.05) is 11.1 Å². The molecule has 4 N–H and O–H groups in total. The Labute approximate surface area is 110 Å². The van der Waals surface area contributed by atoms with Crippen molar-refractivity contribution in [2.24, 2.45) is 0 Å². The average molecular weight is 254 g/mol. The zero-order valence-corrected chi connectivity index (χ0v) is 10.5. The van der Waals surface area contributed by atoms with Crippen LogP contribution in [0.2, 0.25) is 0 Å². The van der Waals surface area contributed by atoms with Crippen LogP contribution in [0.15, 0.2) is 36.8 Å². The van der Waals surface area contributed by atoms with Crippen LogP contribution in [0, 0.1) is 0 Å². The van der Waals surface area contributed by atoms with Gasteiger partial charge in [0.2, 0.25) is 0 Å². The standard InChI is InChI=1S/C13H14N6/c1-8(13-16-7-17-19-13)18-11-5-4-10(14)9-3-2-6-15-12(9)11/h2-8,18H,14H2,1H3,(H,16,17,19). The number of H-pyrrole nitrogens is 1. The van der Waals surface area contributed by atoms with Gasteiger partial charge in [0.1, 0.15) is 12.2 Å². The van der Waals surface area contributed by atoms with Gasteiger partial charge in [0, 0.05) is 17.3 Å². The summed E-state index contributed by atoms with van der Waals surface area (Å²) >= 11 is 0. The Morgan fingerprint density at radius 3 is 2.95 bits per heavy atom. The summed E-state index contributed by atoms with van der Waals surface area (Å²) in [5, 5.41) is 11.0. The number of pyridine rings is 1. The summed E-state index contributed by atoms with van der Waals surface area (Å²) in [7, 11) is 0. The van der Waals surface area contributed by atoms with Crippen molar-refractivity contribution < 1.29 is 0 Å². The molecular weight excluding hydrogens is 240 g/mol. The third-order valence-corrected chi connectivity index (χ3v) is 3.02. The highest BCUT2D eigenvalue weighted by Gasteiger charge is 2.11. The van der Waals surface area contributed by atoms with Crippen LogP contribution in [0.25, 0.3) is 10.9 Å². The topological polar surface area (TPSA) is 92.5 Å². The number of nitrogens with two attached hydrogens (primary N) is 1. The lowest BCUT2D eigenvalue weighted by molar-refractivity contribution is 0.796. The SMILES string of the molecule is CC(Nc1ccc(N)c2cccnc12)c1ncn[nH]1. The van der Waals surface area contributed by atoms with E-state index in [1.807, 2.05) is 31.2 Å². The molecule has 6 heteroatoms. The third kappa shape index (κ3) is 2.08. The van der Waals surface area contributed by atoms with Gasteiger partial charge in [-0.15, -0.1) is 0 Å². The molecule has 1 aromatic carbocycles. The molecule has 0 bridgehead atoms. The maximum atomic E-state index is 5.95. The highest BCUT2D eigenvalue weighted by Crippen LogP contribution is 2.28. The first kappa shape index (κ1) is 11.5. The molecule has 0 spiro atoms. The van der Waals surface area contributed by atoms with Gasteiger partial charge in [0.15, 0.2) is 0 Å². The summed E-state index contributed by atoms with van der Waals surface area (Å²) in [5.41, 5.74) is 8.46. The van der Waals surface area contributed by atoms with Crippen LogP contribution in [0.3, 0.4) is 0 Å². The van der Waals surface area contributed by atoms with Gasteiger partial charge in [-0.3, -0.25) is 10.1 Å². The fraction of sp³-hybridized carbons (Fsp3) is 0.154. The lowest BCUT2D eigenvalue weighted by Crippen LogP contribution is -2.09. The smallest absolute Gasteiger partial charge is 0.146 e. The van der Waals surface area contributed by atoms with Crippen LogP contribution in [0.5, 0.6) is 0 Å². The van der Waals surface area contributed by atoms with E-state index in [9.17, 15) is 0 Å². The molecule has 3 rings (SSSR count). The van der Waals surface area contributed by atoms with Crippen LogP contribution < -0.4 is 11.1 Å². The van der Waals surface area contributed by atoms with E-state index >= 15 is 0 Å². The highest BCUT2D eigenvalue weighted by atomic mass is 15.2. The third-order valence-electron chi connectivity index (χ3n) is 3.02. The molecule has 0 amide bonds. The zero-order valence-electron chi connectivity index (χ0n) is 10.5. The van der Waals surface area contributed by atoms with Crippen LogP contribution in [0.1, 0.15) is 18.8 Å². The molecule has 2 heterocycles. The molecule has 0 radical (unpaired) electrons. The maximum Gasteiger partial charge on any atom is 0.146 e. The van der Waals surface area contributed by atoms with Crippen molar-refractivity contribution >= 4 is 22.3 Å². The number of rotatable bonds is 3. The van der Waals surface area contributed by atoms with E-state index in [0.717, 1.165) is 28.1 Å². The van der Waals surface area contributed by atoms with E-state index in [-0.39, 0.29) is 6.04 Å². The monoisotopic (exact) mass is 254 g/mol. The molecular formula is C13H14N6. The number of fused-ring (bicyclic) bond motifs is 1. The first-order valence-electron chi connectivity index (χ1n) is 6.00. The minimum Gasteiger partial charge on any atom is -0.398 e. The van der Waals surface area contributed by atoms with Crippen LogP contribution >= 0.6 is 0 Å².